The van der Waals surface area contributed by atoms with E-state index in [0.29, 0.717) is 37.3 Å². The van der Waals surface area contributed by atoms with Crippen molar-refractivity contribution < 1.29 is 13.2 Å². The first-order chi connectivity index (χ1) is 15.0. The molecule has 0 N–H and O–H groups in total. The maximum atomic E-state index is 13.0. The monoisotopic (exact) mass is 439 g/mol. The summed E-state index contributed by atoms with van der Waals surface area (Å²) in [5, 5.41) is 0. The molecule has 3 aromatic rings. The Hall–Kier alpha value is -2.91. The van der Waals surface area contributed by atoms with Crippen LogP contribution < -0.4 is 4.31 Å². The van der Waals surface area contributed by atoms with Crippen LogP contribution in [0.4, 0.5) is 5.69 Å². The van der Waals surface area contributed by atoms with Gasteiger partial charge >= 0.3 is 0 Å². The number of anilines is 1. The average Bonchev–Trinajstić information content (AvgIpc) is 3.35. The minimum absolute atomic E-state index is 0.0502. The molecule has 2 aliphatic heterocycles. The fourth-order valence-corrected chi connectivity index (χ4v) is 5.86. The van der Waals surface area contributed by atoms with Gasteiger partial charge in [-0.15, -0.1) is 0 Å². The summed E-state index contributed by atoms with van der Waals surface area (Å²) in [6.45, 7) is 4.06. The third-order valence-corrected chi connectivity index (χ3v) is 7.81. The van der Waals surface area contributed by atoms with Crippen molar-refractivity contribution >= 4 is 27.3 Å². The zero-order valence-corrected chi connectivity index (χ0v) is 18.0. The number of benzene rings is 1. The molecule has 0 spiro atoms. The minimum atomic E-state index is -3.26. The zero-order chi connectivity index (χ0) is 21.4. The summed E-state index contributed by atoms with van der Waals surface area (Å²) in [5.41, 5.74) is 3.07. The number of hydrogen-bond acceptors (Lipinski definition) is 5. The van der Waals surface area contributed by atoms with Crippen molar-refractivity contribution in [1.82, 2.24) is 19.2 Å². The summed E-state index contributed by atoms with van der Waals surface area (Å²) in [7, 11) is -3.26. The Balaban J connectivity index is 1.22. The molecule has 31 heavy (non-hydrogen) atoms. The van der Waals surface area contributed by atoms with Crippen LogP contribution in [-0.4, -0.2) is 72.0 Å². The molecule has 9 heteroatoms. The van der Waals surface area contributed by atoms with Crippen molar-refractivity contribution in [3.8, 4) is 0 Å². The number of sulfonamides is 1. The second-order valence-electron chi connectivity index (χ2n) is 8.06. The highest BCUT2D eigenvalue weighted by molar-refractivity contribution is 7.93. The van der Waals surface area contributed by atoms with Gasteiger partial charge in [-0.1, -0.05) is 12.1 Å². The number of carbonyl (C=O) groups excluding carboxylic acids is 1. The topological polar surface area (TPSA) is 78.2 Å². The molecule has 0 atom stereocenters. The molecular formula is C22H25N5O3S. The predicted octanol–water partition coefficient (Wildman–Crippen LogP) is 1.83. The molecule has 2 aromatic heterocycles. The van der Waals surface area contributed by atoms with E-state index in [9.17, 15) is 13.2 Å². The molecule has 0 unspecified atom stereocenters. The second kappa shape index (κ2) is 7.97. The molecule has 0 saturated carbocycles. The fraction of sp³-hybridized carbons (Fsp3) is 0.364. The first-order valence-electron chi connectivity index (χ1n) is 10.5. The van der Waals surface area contributed by atoms with E-state index in [0.717, 1.165) is 31.0 Å². The van der Waals surface area contributed by atoms with Crippen LogP contribution in [-0.2, 0) is 16.6 Å². The van der Waals surface area contributed by atoms with Gasteiger partial charge < -0.3 is 9.30 Å². The normalized spacial score (nSPS) is 19.2. The Bertz CT molecular complexity index is 1180. The number of fused-ring (bicyclic) bond motifs is 1. The summed E-state index contributed by atoms with van der Waals surface area (Å²) in [6, 6.07) is 12.9. The second-order valence-corrected chi connectivity index (χ2v) is 10.1. The first kappa shape index (κ1) is 20.0. The molecule has 0 aliphatic carbocycles. The summed E-state index contributed by atoms with van der Waals surface area (Å²) < 4.78 is 27.8. The van der Waals surface area contributed by atoms with Crippen LogP contribution in [0.5, 0.6) is 0 Å². The maximum absolute atomic E-state index is 13.0. The Morgan fingerprint density at radius 3 is 2.58 bits per heavy atom. The van der Waals surface area contributed by atoms with Crippen LogP contribution in [0.2, 0.25) is 0 Å². The lowest BCUT2D eigenvalue weighted by atomic mass is 10.1. The van der Waals surface area contributed by atoms with Gasteiger partial charge in [0.1, 0.15) is 5.65 Å². The summed E-state index contributed by atoms with van der Waals surface area (Å²) in [6.07, 6.45) is 4.66. The average molecular weight is 440 g/mol. The maximum Gasteiger partial charge on any atom is 0.254 e. The number of rotatable bonds is 4. The van der Waals surface area contributed by atoms with E-state index >= 15 is 0 Å². The van der Waals surface area contributed by atoms with Crippen LogP contribution >= 0.6 is 0 Å². The van der Waals surface area contributed by atoms with Gasteiger partial charge in [0.25, 0.3) is 5.91 Å². The highest BCUT2D eigenvalue weighted by Gasteiger charge is 2.29. The molecule has 2 saturated heterocycles. The summed E-state index contributed by atoms with van der Waals surface area (Å²) in [5.74, 6) is 0.116. The molecule has 1 aromatic carbocycles. The van der Waals surface area contributed by atoms with E-state index in [4.69, 9.17) is 0 Å². The molecule has 8 nitrogen and oxygen atoms in total. The Labute approximate surface area is 181 Å². The highest BCUT2D eigenvalue weighted by atomic mass is 32.2. The van der Waals surface area contributed by atoms with E-state index in [1.165, 1.54) is 4.31 Å². The van der Waals surface area contributed by atoms with Gasteiger partial charge in [0.05, 0.1) is 17.1 Å². The Morgan fingerprint density at radius 2 is 1.84 bits per heavy atom. The van der Waals surface area contributed by atoms with Crippen LogP contribution in [0.25, 0.3) is 5.65 Å². The number of amides is 1. The Morgan fingerprint density at radius 1 is 1.00 bits per heavy atom. The van der Waals surface area contributed by atoms with Gasteiger partial charge in [-0.3, -0.25) is 14.0 Å². The summed E-state index contributed by atoms with van der Waals surface area (Å²) >= 11 is 0. The lowest BCUT2D eigenvalue weighted by molar-refractivity contribution is 0.0627. The predicted molar refractivity (Wildman–Crippen MR) is 119 cm³/mol. The van der Waals surface area contributed by atoms with Gasteiger partial charge in [-0.25, -0.2) is 13.4 Å². The van der Waals surface area contributed by atoms with Gasteiger partial charge in [-0.2, -0.15) is 0 Å². The molecule has 2 aliphatic rings. The largest absolute Gasteiger partial charge is 0.336 e. The number of hydrogen-bond donors (Lipinski definition) is 0. The number of nitrogens with zero attached hydrogens (tertiary/aromatic N) is 5. The number of pyridine rings is 1. The van der Waals surface area contributed by atoms with E-state index in [1.54, 1.807) is 24.3 Å². The minimum Gasteiger partial charge on any atom is -0.336 e. The molecule has 0 radical (unpaired) electrons. The lowest BCUT2D eigenvalue weighted by Gasteiger charge is -2.34. The van der Waals surface area contributed by atoms with Gasteiger partial charge in [0.15, 0.2) is 0 Å². The number of piperazine rings is 1. The number of aromatic nitrogens is 2. The SMILES string of the molecule is O=C(c1cccc(N2CCCS2(=O)=O)c1)N1CCN(Cc2cn3ccccc3n2)CC1. The van der Waals surface area contributed by atoms with Gasteiger partial charge in [-0.05, 0) is 36.8 Å². The van der Waals surface area contributed by atoms with E-state index in [-0.39, 0.29) is 11.7 Å². The van der Waals surface area contributed by atoms with E-state index in [2.05, 4.69) is 9.88 Å². The number of imidazole rings is 1. The zero-order valence-electron chi connectivity index (χ0n) is 17.2. The number of carbonyl (C=O) groups is 1. The molecule has 4 heterocycles. The van der Waals surface area contributed by atoms with Crippen LogP contribution in [0, 0.1) is 0 Å². The van der Waals surface area contributed by atoms with Crippen LogP contribution in [0.3, 0.4) is 0 Å². The highest BCUT2D eigenvalue weighted by Crippen LogP contribution is 2.25. The van der Waals surface area contributed by atoms with Crippen molar-refractivity contribution in [3.05, 3.63) is 66.1 Å². The van der Waals surface area contributed by atoms with Crippen LogP contribution in [0.15, 0.2) is 54.9 Å². The van der Waals surface area contributed by atoms with Crippen molar-refractivity contribution in [3.63, 3.8) is 0 Å². The molecular weight excluding hydrogens is 414 g/mol. The van der Waals surface area contributed by atoms with E-state index < -0.39 is 10.0 Å². The Kier molecular flexibility index (Phi) is 5.15. The molecule has 2 fully saturated rings. The third-order valence-electron chi connectivity index (χ3n) is 5.94. The fourth-order valence-electron chi connectivity index (χ4n) is 4.31. The molecule has 0 bridgehead atoms. The van der Waals surface area contributed by atoms with Crippen molar-refractivity contribution in [2.75, 3.05) is 42.8 Å². The summed E-state index contributed by atoms with van der Waals surface area (Å²) in [4.78, 5) is 21.8. The van der Waals surface area contributed by atoms with Gasteiger partial charge in [0.2, 0.25) is 10.0 Å². The van der Waals surface area contributed by atoms with Gasteiger partial charge in [0, 0.05) is 57.2 Å². The van der Waals surface area contributed by atoms with Crippen molar-refractivity contribution in [2.24, 2.45) is 0 Å². The van der Waals surface area contributed by atoms with Crippen molar-refractivity contribution in [2.45, 2.75) is 13.0 Å². The quantitative estimate of drug-likeness (QED) is 0.620. The third kappa shape index (κ3) is 4.03. The van der Waals surface area contributed by atoms with Crippen molar-refractivity contribution in [1.29, 1.82) is 0 Å². The van der Waals surface area contributed by atoms with Crippen LogP contribution in [0.1, 0.15) is 22.5 Å². The molecule has 1 amide bonds. The standard InChI is InChI=1S/C22H25N5O3S/c28-22(18-5-3-6-20(15-18)27-9-4-14-31(27,29)30)25-12-10-24(11-13-25)16-19-17-26-8-2-1-7-21(26)23-19/h1-3,5-8,15,17H,4,9-14,16H2. The molecule has 162 valence electrons. The first-order valence-corrected chi connectivity index (χ1v) is 12.2. The lowest BCUT2D eigenvalue weighted by Crippen LogP contribution is -2.48. The molecule has 5 rings (SSSR count). The van der Waals surface area contributed by atoms with E-state index in [1.807, 2.05) is 39.9 Å². The smallest absolute Gasteiger partial charge is 0.254 e.